The second kappa shape index (κ2) is 6.76. The van der Waals surface area contributed by atoms with E-state index in [1.165, 1.54) is 22.3 Å². The molecule has 2 N–H and O–H groups in total. The molecule has 0 amide bonds. The molecule has 3 aliphatic rings. The summed E-state index contributed by atoms with van der Waals surface area (Å²) in [6, 6.07) is 21.9. The number of hydrogen-bond acceptors (Lipinski definition) is 3. The van der Waals surface area contributed by atoms with Crippen molar-refractivity contribution in [1.29, 1.82) is 0 Å². The van der Waals surface area contributed by atoms with Gasteiger partial charge >= 0.3 is 0 Å². The third kappa shape index (κ3) is 2.49. The summed E-state index contributed by atoms with van der Waals surface area (Å²) in [6.07, 6.45) is 7.47. The van der Waals surface area contributed by atoms with Gasteiger partial charge in [0, 0.05) is 29.3 Å². The molecule has 2 bridgehead atoms. The van der Waals surface area contributed by atoms with E-state index < -0.39 is 5.60 Å². The number of piperidine rings is 1. The van der Waals surface area contributed by atoms with Crippen LogP contribution in [0, 0.1) is 5.92 Å². The number of nitrogens with zero attached hydrogens (tertiary/aromatic N) is 1. The molecule has 2 aliphatic carbocycles. The maximum absolute atomic E-state index is 12.5. The number of aromatic nitrogens is 1. The number of pyridine rings is 1. The van der Waals surface area contributed by atoms with Crippen LogP contribution in [0.4, 0.5) is 0 Å². The van der Waals surface area contributed by atoms with E-state index in [-0.39, 0.29) is 11.3 Å². The lowest BCUT2D eigenvalue weighted by Gasteiger charge is -2.45. The Morgan fingerprint density at radius 1 is 0.933 bits per heavy atom. The van der Waals surface area contributed by atoms with Crippen LogP contribution in [0.15, 0.2) is 73.1 Å². The summed E-state index contributed by atoms with van der Waals surface area (Å²) in [6.45, 7) is 1.94. The van der Waals surface area contributed by atoms with Gasteiger partial charge in [0.1, 0.15) is 0 Å². The van der Waals surface area contributed by atoms with Crippen LogP contribution in [-0.4, -0.2) is 23.2 Å². The smallest absolute Gasteiger partial charge is 0.0952 e. The maximum Gasteiger partial charge on any atom is 0.0952 e. The fraction of sp³-hybridized carbons (Fsp3) is 0.370. The molecule has 1 aromatic heterocycles. The predicted molar refractivity (Wildman–Crippen MR) is 118 cm³/mol. The van der Waals surface area contributed by atoms with E-state index in [0.717, 1.165) is 44.3 Å². The van der Waals surface area contributed by atoms with Gasteiger partial charge in [0.05, 0.1) is 5.60 Å². The van der Waals surface area contributed by atoms with Crippen molar-refractivity contribution in [2.75, 3.05) is 13.1 Å². The van der Waals surface area contributed by atoms with Crippen molar-refractivity contribution in [2.24, 2.45) is 5.92 Å². The van der Waals surface area contributed by atoms with Gasteiger partial charge in [-0.05, 0) is 73.0 Å². The third-order valence-corrected chi connectivity index (χ3v) is 8.00. The Hall–Kier alpha value is -2.49. The number of nitrogens with one attached hydrogen (secondary N) is 1. The minimum Gasteiger partial charge on any atom is -0.385 e. The molecule has 3 heteroatoms. The monoisotopic (exact) mass is 396 g/mol. The maximum atomic E-state index is 12.5. The lowest BCUT2D eigenvalue weighted by Crippen LogP contribution is -2.46. The fourth-order valence-corrected chi connectivity index (χ4v) is 6.70. The van der Waals surface area contributed by atoms with E-state index in [1.807, 2.05) is 12.3 Å². The van der Waals surface area contributed by atoms with Crippen LogP contribution in [0.25, 0.3) is 0 Å². The molecule has 1 atom stereocenters. The molecule has 2 aromatic carbocycles. The molecule has 30 heavy (non-hydrogen) atoms. The zero-order valence-electron chi connectivity index (χ0n) is 17.2. The quantitative estimate of drug-likeness (QED) is 0.683. The van der Waals surface area contributed by atoms with Gasteiger partial charge in [0.2, 0.25) is 0 Å². The van der Waals surface area contributed by atoms with Gasteiger partial charge in [-0.2, -0.15) is 0 Å². The van der Waals surface area contributed by atoms with Crippen LogP contribution in [-0.2, 0) is 11.0 Å². The molecule has 1 saturated heterocycles. The van der Waals surface area contributed by atoms with Crippen molar-refractivity contribution in [2.45, 2.75) is 42.6 Å². The molecular weight excluding hydrogens is 368 g/mol. The summed E-state index contributed by atoms with van der Waals surface area (Å²) in [7, 11) is 0. The highest BCUT2D eigenvalue weighted by atomic mass is 16.3. The molecule has 1 unspecified atom stereocenters. The zero-order valence-corrected chi connectivity index (χ0v) is 17.2. The van der Waals surface area contributed by atoms with Crippen LogP contribution in [0.3, 0.4) is 0 Å². The molecule has 0 spiro atoms. The summed E-state index contributed by atoms with van der Waals surface area (Å²) in [5.74, 6) is 0.680. The van der Waals surface area contributed by atoms with Crippen molar-refractivity contribution >= 4 is 0 Å². The van der Waals surface area contributed by atoms with Crippen molar-refractivity contribution in [1.82, 2.24) is 10.3 Å². The van der Waals surface area contributed by atoms with Crippen LogP contribution in [0.5, 0.6) is 0 Å². The molecule has 6 rings (SSSR count). The molecule has 152 valence electrons. The molecule has 3 nitrogen and oxygen atoms in total. The first kappa shape index (κ1) is 18.3. The van der Waals surface area contributed by atoms with Crippen LogP contribution >= 0.6 is 0 Å². The van der Waals surface area contributed by atoms with E-state index in [4.69, 9.17) is 0 Å². The molecule has 2 heterocycles. The van der Waals surface area contributed by atoms with Gasteiger partial charge < -0.3 is 10.4 Å². The standard InChI is InChI=1S/C27H28N2O/c30-27(19-11-14-28-15-12-19,20-6-5-13-29-17-20)18-26-16-23(21-7-1-3-9-24(21)26)22-8-2-4-10-25(22)26/h1-10,13,17,19,23,28,30H,11-12,14-16,18H2. The van der Waals surface area contributed by atoms with E-state index in [9.17, 15) is 5.11 Å². The largest absolute Gasteiger partial charge is 0.385 e. The Kier molecular flexibility index (Phi) is 4.12. The summed E-state index contributed by atoms with van der Waals surface area (Å²) >= 11 is 0. The Labute approximate surface area is 178 Å². The Morgan fingerprint density at radius 3 is 2.23 bits per heavy atom. The minimum absolute atomic E-state index is 0.132. The summed E-state index contributed by atoms with van der Waals surface area (Å²) < 4.78 is 0. The van der Waals surface area contributed by atoms with Gasteiger partial charge in [-0.1, -0.05) is 54.6 Å². The van der Waals surface area contributed by atoms with Crippen molar-refractivity contribution in [3.8, 4) is 0 Å². The topological polar surface area (TPSA) is 45.2 Å². The number of aliphatic hydroxyl groups is 1. The molecule has 1 fully saturated rings. The van der Waals surface area contributed by atoms with Gasteiger partial charge in [-0.15, -0.1) is 0 Å². The second-order valence-electron chi connectivity index (χ2n) is 9.38. The molecule has 1 aliphatic heterocycles. The number of hydrogen-bond donors (Lipinski definition) is 2. The Bertz CT molecular complexity index is 1030. The summed E-state index contributed by atoms with van der Waals surface area (Å²) in [5, 5.41) is 15.9. The van der Waals surface area contributed by atoms with E-state index in [1.54, 1.807) is 6.20 Å². The second-order valence-corrected chi connectivity index (χ2v) is 9.38. The average molecular weight is 397 g/mol. The van der Waals surface area contributed by atoms with Gasteiger partial charge in [0.15, 0.2) is 0 Å². The van der Waals surface area contributed by atoms with Crippen LogP contribution in [0.1, 0.15) is 59.4 Å². The lowest BCUT2D eigenvalue weighted by atomic mass is 9.63. The first-order valence-corrected chi connectivity index (χ1v) is 11.2. The summed E-state index contributed by atoms with van der Waals surface area (Å²) in [4.78, 5) is 4.39. The number of benzene rings is 2. The Morgan fingerprint density at radius 2 is 1.60 bits per heavy atom. The highest BCUT2D eigenvalue weighted by Gasteiger charge is 2.57. The van der Waals surface area contributed by atoms with Crippen LogP contribution in [0.2, 0.25) is 0 Å². The van der Waals surface area contributed by atoms with Gasteiger partial charge in [-0.25, -0.2) is 0 Å². The van der Waals surface area contributed by atoms with Crippen molar-refractivity contribution in [3.05, 3.63) is 101 Å². The summed E-state index contributed by atoms with van der Waals surface area (Å²) in [5.41, 5.74) is 5.69. The van der Waals surface area contributed by atoms with Crippen molar-refractivity contribution < 1.29 is 5.11 Å². The Balaban J connectivity index is 1.53. The zero-order chi connectivity index (χ0) is 20.2. The third-order valence-electron chi connectivity index (χ3n) is 8.00. The minimum atomic E-state index is -0.893. The van der Waals surface area contributed by atoms with E-state index >= 15 is 0 Å². The highest BCUT2D eigenvalue weighted by Crippen LogP contribution is 2.64. The predicted octanol–water partition coefficient (Wildman–Crippen LogP) is 4.49. The molecule has 0 saturated carbocycles. The van der Waals surface area contributed by atoms with Gasteiger partial charge in [0.25, 0.3) is 0 Å². The number of rotatable bonds is 4. The molecule has 3 aromatic rings. The average Bonchev–Trinajstić information content (AvgIpc) is 3.32. The first-order chi connectivity index (χ1) is 14.7. The molecule has 0 radical (unpaired) electrons. The van der Waals surface area contributed by atoms with E-state index in [0.29, 0.717) is 5.92 Å². The lowest BCUT2D eigenvalue weighted by molar-refractivity contribution is -0.0567. The van der Waals surface area contributed by atoms with Gasteiger partial charge in [-0.3, -0.25) is 4.98 Å². The number of fused-ring (bicyclic) bond motifs is 8. The first-order valence-electron chi connectivity index (χ1n) is 11.2. The van der Waals surface area contributed by atoms with Crippen molar-refractivity contribution in [3.63, 3.8) is 0 Å². The fourth-order valence-electron chi connectivity index (χ4n) is 6.70. The van der Waals surface area contributed by atoms with Crippen LogP contribution < -0.4 is 5.32 Å². The van der Waals surface area contributed by atoms with E-state index in [2.05, 4.69) is 64.9 Å². The highest BCUT2D eigenvalue weighted by molar-refractivity contribution is 5.63. The normalized spacial score (nSPS) is 26.8. The SMILES string of the molecule is OC(CC12CC(c3ccccc31)c1ccccc12)(c1cccnc1)C1CCNCC1. The molecular formula is C27H28N2O.